The summed E-state index contributed by atoms with van der Waals surface area (Å²) < 4.78 is 0. The van der Waals surface area contributed by atoms with E-state index in [0.29, 0.717) is 22.4 Å². The summed E-state index contributed by atoms with van der Waals surface area (Å²) in [4.78, 5) is 14.5. The van der Waals surface area contributed by atoms with Gasteiger partial charge in [0.1, 0.15) is 5.15 Å². The normalized spacial score (nSPS) is 10.3. The number of aromatic nitrogens is 1. The molecule has 0 bridgehead atoms. The maximum absolute atomic E-state index is 10.8. The molecule has 0 unspecified atom stereocenters. The standard InChI is InChI=1S/C11H10ClN3O2S/c1-7-8(3-2-4-9(7)15(16)17)5-13-11-14-10(12)6-18-11/h2-4,6H,5H2,1H3,(H,13,14). The molecule has 1 N–H and O–H groups in total. The van der Waals surface area contributed by atoms with Gasteiger partial charge in [0.25, 0.3) is 5.69 Å². The number of rotatable bonds is 4. The molecule has 1 heterocycles. The van der Waals surface area contributed by atoms with Gasteiger partial charge in [0.2, 0.25) is 0 Å². The van der Waals surface area contributed by atoms with Crippen LogP contribution in [-0.4, -0.2) is 9.91 Å². The maximum Gasteiger partial charge on any atom is 0.272 e. The van der Waals surface area contributed by atoms with Gasteiger partial charge in [0.15, 0.2) is 5.13 Å². The Labute approximate surface area is 113 Å². The summed E-state index contributed by atoms with van der Waals surface area (Å²) in [6.45, 7) is 2.22. The molecule has 2 rings (SSSR count). The van der Waals surface area contributed by atoms with Crippen LogP contribution in [0.25, 0.3) is 0 Å². The summed E-state index contributed by atoms with van der Waals surface area (Å²) in [6, 6.07) is 5.03. The molecule has 0 atom stereocenters. The summed E-state index contributed by atoms with van der Waals surface area (Å²) >= 11 is 7.11. The molecule has 5 nitrogen and oxygen atoms in total. The van der Waals surface area contributed by atoms with E-state index in [1.165, 1.54) is 17.4 Å². The molecular formula is C11H10ClN3O2S. The third-order valence-corrected chi connectivity index (χ3v) is 3.64. The minimum Gasteiger partial charge on any atom is -0.357 e. The first-order chi connectivity index (χ1) is 8.58. The molecule has 0 spiro atoms. The third kappa shape index (κ3) is 2.77. The van der Waals surface area contributed by atoms with Crippen molar-refractivity contribution in [1.29, 1.82) is 0 Å². The van der Waals surface area contributed by atoms with Crippen molar-refractivity contribution in [2.75, 3.05) is 5.32 Å². The third-order valence-electron chi connectivity index (χ3n) is 2.52. The molecule has 1 aromatic carbocycles. The van der Waals surface area contributed by atoms with Crippen LogP contribution in [0.3, 0.4) is 0 Å². The van der Waals surface area contributed by atoms with Crippen molar-refractivity contribution in [3.8, 4) is 0 Å². The molecule has 0 radical (unpaired) electrons. The number of nitrogens with zero attached hydrogens (tertiary/aromatic N) is 2. The number of nitro groups is 1. The Kier molecular flexibility index (Phi) is 3.78. The Hall–Kier alpha value is -1.66. The molecule has 0 fully saturated rings. The van der Waals surface area contributed by atoms with E-state index in [1.54, 1.807) is 18.4 Å². The molecule has 0 aliphatic rings. The van der Waals surface area contributed by atoms with Gasteiger partial charge in [-0.1, -0.05) is 23.7 Å². The SMILES string of the molecule is Cc1c(CNc2nc(Cl)cs2)cccc1[N+](=O)[O-]. The molecule has 0 amide bonds. The minimum atomic E-state index is -0.376. The molecule has 7 heteroatoms. The van der Waals surface area contributed by atoms with Crippen molar-refractivity contribution in [3.05, 3.63) is 50.0 Å². The van der Waals surface area contributed by atoms with E-state index in [-0.39, 0.29) is 10.6 Å². The maximum atomic E-state index is 10.8. The van der Waals surface area contributed by atoms with Crippen molar-refractivity contribution in [1.82, 2.24) is 4.98 Å². The second-order valence-corrected chi connectivity index (χ2v) is 4.89. The van der Waals surface area contributed by atoms with Crippen LogP contribution in [0.15, 0.2) is 23.6 Å². The largest absolute Gasteiger partial charge is 0.357 e. The van der Waals surface area contributed by atoms with Gasteiger partial charge in [-0.25, -0.2) is 4.98 Å². The predicted octanol–water partition coefficient (Wildman–Crippen LogP) is 3.63. The molecule has 0 aliphatic heterocycles. The monoisotopic (exact) mass is 283 g/mol. The van der Waals surface area contributed by atoms with E-state index < -0.39 is 0 Å². The van der Waals surface area contributed by atoms with Crippen LogP contribution >= 0.6 is 22.9 Å². The summed E-state index contributed by atoms with van der Waals surface area (Å²) in [5.41, 5.74) is 1.67. The number of nitrogens with one attached hydrogen (secondary N) is 1. The van der Waals surface area contributed by atoms with Crippen molar-refractivity contribution in [2.45, 2.75) is 13.5 Å². The predicted molar refractivity (Wildman–Crippen MR) is 72.3 cm³/mol. The zero-order valence-corrected chi connectivity index (χ0v) is 11.1. The fourth-order valence-electron chi connectivity index (χ4n) is 1.57. The Morgan fingerprint density at radius 3 is 2.94 bits per heavy atom. The Morgan fingerprint density at radius 2 is 2.33 bits per heavy atom. The van der Waals surface area contributed by atoms with E-state index in [4.69, 9.17) is 11.6 Å². The molecule has 2 aromatic rings. The highest BCUT2D eigenvalue weighted by atomic mass is 35.5. The molecule has 1 aromatic heterocycles. The van der Waals surface area contributed by atoms with Gasteiger partial charge in [-0.2, -0.15) is 0 Å². The van der Waals surface area contributed by atoms with Crippen LogP contribution in [0.2, 0.25) is 5.15 Å². The first-order valence-electron chi connectivity index (χ1n) is 5.15. The average molecular weight is 284 g/mol. The fraction of sp³-hybridized carbons (Fsp3) is 0.182. The number of anilines is 1. The first-order valence-corrected chi connectivity index (χ1v) is 6.41. The summed E-state index contributed by atoms with van der Waals surface area (Å²) in [5, 5.41) is 16.8. The van der Waals surface area contributed by atoms with Gasteiger partial charge in [-0.15, -0.1) is 11.3 Å². The highest BCUT2D eigenvalue weighted by Crippen LogP contribution is 2.23. The highest BCUT2D eigenvalue weighted by Gasteiger charge is 2.13. The summed E-state index contributed by atoms with van der Waals surface area (Å²) in [5.74, 6) is 0. The quantitative estimate of drug-likeness (QED) is 0.687. The van der Waals surface area contributed by atoms with Crippen molar-refractivity contribution in [3.63, 3.8) is 0 Å². The topological polar surface area (TPSA) is 68.1 Å². The minimum absolute atomic E-state index is 0.131. The van der Waals surface area contributed by atoms with Crippen LogP contribution < -0.4 is 5.32 Å². The second-order valence-electron chi connectivity index (χ2n) is 3.65. The average Bonchev–Trinajstić information content (AvgIpc) is 2.73. The lowest BCUT2D eigenvalue weighted by Gasteiger charge is -2.06. The number of benzene rings is 1. The number of nitro benzene ring substituents is 1. The summed E-state index contributed by atoms with van der Waals surface area (Å²) in [7, 11) is 0. The lowest BCUT2D eigenvalue weighted by molar-refractivity contribution is -0.385. The lowest BCUT2D eigenvalue weighted by atomic mass is 10.1. The van der Waals surface area contributed by atoms with E-state index >= 15 is 0 Å². The Balaban J connectivity index is 2.14. The van der Waals surface area contributed by atoms with Crippen molar-refractivity contribution >= 4 is 33.8 Å². The van der Waals surface area contributed by atoms with Gasteiger partial charge >= 0.3 is 0 Å². The van der Waals surface area contributed by atoms with Gasteiger partial charge in [-0.05, 0) is 12.5 Å². The van der Waals surface area contributed by atoms with Crippen LogP contribution in [-0.2, 0) is 6.54 Å². The number of hydrogen-bond donors (Lipinski definition) is 1. The second kappa shape index (κ2) is 5.32. The van der Waals surface area contributed by atoms with Gasteiger partial charge in [0, 0.05) is 23.6 Å². The van der Waals surface area contributed by atoms with Crippen LogP contribution in [0.4, 0.5) is 10.8 Å². The molecule has 94 valence electrons. The van der Waals surface area contributed by atoms with E-state index in [9.17, 15) is 10.1 Å². The zero-order chi connectivity index (χ0) is 13.1. The first kappa shape index (κ1) is 12.8. The molecule has 18 heavy (non-hydrogen) atoms. The molecule has 0 saturated carbocycles. The Bertz CT molecular complexity index is 585. The highest BCUT2D eigenvalue weighted by molar-refractivity contribution is 7.14. The van der Waals surface area contributed by atoms with Crippen molar-refractivity contribution < 1.29 is 4.92 Å². The number of halogens is 1. The lowest BCUT2D eigenvalue weighted by Crippen LogP contribution is -2.03. The van der Waals surface area contributed by atoms with E-state index in [2.05, 4.69) is 10.3 Å². The smallest absolute Gasteiger partial charge is 0.272 e. The summed E-state index contributed by atoms with van der Waals surface area (Å²) in [6.07, 6.45) is 0. The molecule has 0 saturated heterocycles. The van der Waals surface area contributed by atoms with Crippen LogP contribution in [0.5, 0.6) is 0 Å². The number of thiazole rings is 1. The van der Waals surface area contributed by atoms with Gasteiger partial charge in [-0.3, -0.25) is 10.1 Å². The zero-order valence-electron chi connectivity index (χ0n) is 9.51. The Morgan fingerprint density at radius 1 is 1.56 bits per heavy atom. The van der Waals surface area contributed by atoms with Gasteiger partial charge < -0.3 is 5.32 Å². The van der Waals surface area contributed by atoms with Crippen LogP contribution in [0.1, 0.15) is 11.1 Å². The van der Waals surface area contributed by atoms with E-state index in [0.717, 1.165) is 5.56 Å². The van der Waals surface area contributed by atoms with E-state index in [1.807, 2.05) is 6.07 Å². The fourth-order valence-corrected chi connectivity index (χ4v) is 2.40. The number of hydrogen-bond acceptors (Lipinski definition) is 5. The van der Waals surface area contributed by atoms with Gasteiger partial charge in [0.05, 0.1) is 4.92 Å². The molecule has 0 aliphatic carbocycles. The van der Waals surface area contributed by atoms with Crippen LogP contribution in [0, 0.1) is 17.0 Å². The van der Waals surface area contributed by atoms with Crippen molar-refractivity contribution in [2.24, 2.45) is 0 Å². The molecular weight excluding hydrogens is 274 g/mol.